The molecular weight excluding hydrogens is 285 g/mol. The van der Waals surface area contributed by atoms with Crippen molar-refractivity contribution in [3.05, 3.63) is 52.8 Å². The van der Waals surface area contributed by atoms with Gasteiger partial charge in [0, 0.05) is 10.6 Å². The first-order valence-corrected chi connectivity index (χ1v) is 6.19. The van der Waals surface area contributed by atoms with Crippen LogP contribution in [-0.2, 0) is 9.53 Å². The molecule has 20 heavy (non-hydrogen) atoms. The number of alkyl halides is 1. The zero-order valence-corrected chi connectivity index (χ0v) is 11.4. The van der Waals surface area contributed by atoms with Crippen molar-refractivity contribution in [3.63, 3.8) is 0 Å². The van der Waals surface area contributed by atoms with Crippen molar-refractivity contribution in [1.29, 1.82) is 0 Å². The maximum Gasteiger partial charge on any atom is 0.317 e. The average molecular weight is 298 g/mol. The summed E-state index contributed by atoms with van der Waals surface area (Å²) >= 11 is 6.06. The number of carboxylic acid groups (broad SMARTS) is 1. The molecule has 0 amide bonds. The monoisotopic (exact) mass is 297 g/mol. The molecule has 1 aliphatic carbocycles. The van der Waals surface area contributed by atoms with Crippen molar-refractivity contribution in [2.75, 3.05) is 7.11 Å². The third kappa shape index (κ3) is 2.30. The molecule has 1 aromatic rings. The lowest BCUT2D eigenvalue weighted by Gasteiger charge is -2.32. The predicted molar refractivity (Wildman–Crippen MR) is 73.5 cm³/mol. The first-order valence-electron chi connectivity index (χ1n) is 5.81. The molecule has 1 aromatic carbocycles. The van der Waals surface area contributed by atoms with Crippen molar-refractivity contribution >= 4 is 23.1 Å². The van der Waals surface area contributed by atoms with Gasteiger partial charge in [0.25, 0.3) is 0 Å². The molecule has 6 heteroatoms. The third-order valence-corrected chi connectivity index (χ3v) is 3.56. The van der Waals surface area contributed by atoms with Crippen LogP contribution in [0.15, 0.2) is 47.2 Å². The van der Waals surface area contributed by atoms with E-state index in [1.165, 1.54) is 13.2 Å². The summed E-state index contributed by atoms with van der Waals surface area (Å²) in [5.74, 6) is -6.11. The number of aliphatic carboxylic acids is 1. The minimum atomic E-state index is -2.68. The molecule has 1 aliphatic rings. The second kappa shape index (κ2) is 5.26. The van der Waals surface area contributed by atoms with E-state index in [4.69, 9.17) is 22.1 Å². The number of nitrogens with two attached hydrogens (primary N) is 1. The normalized spacial score (nSPS) is 26.2. The Morgan fingerprint density at radius 3 is 2.55 bits per heavy atom. The molecule has 0 saturated carbocycles. The maximum atomic E-state index is 14.5. The number of carbonyl (C=O) groups is 1. The van der Waals surface area contributed by atoms with Gasteiger partial charge in [0.1, 0.15) is 11.7 Å². The summed E-state index contributed by atoms with van der Waals surface area (Å²) in [5.41, 5.74) is 6.49. The Bertz CT molecular complexity index is 596. The molecule has 3 N–H and O–H groups in total. The summed E-state index contributed by atoms with van der Waals surface area (Å²) in [6.45, 7) is 0. The van der Waals surface area contributed by atoms with Gasteiger partial charge in [-0.05, 0) is 11.6 Å². The summed E-state index contributed by atoms with van der Waals surface area (Å²) in [6.07, 6.45) is 1.33. The van der Waals surface area contributed by atoms with Crippen LogP contribution < -0.4 is 5.73 Å². The Kier molecular flexibility index (Phi) is 3.83. The molecule has 0 heterocycles. The SMILES string of the molecule is COC1=CC(c2ccccc2)=C(Cl)C(C(=O)O)C1(N)F. The first-order chi connectivity index (χ1) is 9.39. The minimum absolute atomic E-state index is 0.158. The van der Waals surface area contributed by atoms with Gasteiger partial charge in [0.05, 0.1) is 7.11 Å². The zero-order chi connectivity index (χ0) is 14.9. The molecule has 0 radical (unpaired) electrons. The molecule has 0 bridgehead atoms. The maximum absolute atomic E-state index is 14.5. The van der Waals surface area contributed by atoms with Gasteiger partial charge in [0.2, 0.25) is 5.79 Å². The van der Waals surface area contributed by atoms with E-state index in [9.17, 15) is 14.3 Å². The Morgan fingerprint density at radius 2 is 2.05 bits per heavy atom. The van der Waals surface area contributed by atoms with Gasteiger partial charge in [-0.15, -0.1) is 0 Å². The summed E-state index contributed by atoms with van der Waals surface area (Å²) in [6, 6.07) is 8.81. The van der Waals surface area contributed by atoms with E-state index in [0.29, 0.717) is 11.1 Å². The molecule has 2 rings (SSSR count). The fraction of sp³-hybridized carbons (Fsp3) is 0.214. The van der Waals surface area contributed by atoms with Crippen LogP contribution in [0.2, 0.25) is 0 Å². The Morgan fingerprint density at radius 1 is 1.45 bits per heavy atom. The van der Waals surface area contributed by atoms with E-state index in [0.717, 1.165) is 0 Å². The number of halogens is 2. The van der Waals surface area contributed by atoms with E-state index in [1.807, 2.05) is 0 Å². The second-order valence-electron chi connectivity index (χ2n) is 4.38. The molecule has 4 nitrogen and oxygen atoms in total. The number of benzene rings is 1. The standard InChI is InChI=1S/C14H13ClFNO3/c1-20-10-7-9(8-5-3-2-4-6-8)12(15)11(13(18)19)14(10,16)17/h2-7,11H,17H2,1H3,(H,18,19). The highest BCUT2D eigenvalue weighted by Gasteiger charge is 2.50. The Labute approximate surface area is 120 Å². The lowest BCUT2D eigenvalue weighted by Crippen LogP contribution is -2.50. The molecule has 106 valence electrons. The number of carboxylic acids is 1. The number of allylic oxidation sites excluding steroid dienone is 2. The van der Waals surface area contributed by atoms with E-state index in [1.54, 1.807) is 30.3 Å². The molecule has 0 fully saturated rings. The van der Waals surface area contributed by atoms with Crippen LogP contribution in [0.5, 0.6) is 0 Å². The average Bonchev–Trinajstić information content (AvgIpc) is 2.38. The summed E-state index contributed by atoms with van der Waals surface area (Å²) in [4.78, 5) is 11.3. The highest BCUT2D eigenvalue weighted by molar-refractivity contribution is 6.35. The molecular formula is C14H13ClFNO3. The van der Waals surface area contributed by atoms with E-state index >= 15 is 0 Å². The van der Waals surface area contributed by atoms with Gasteiger partial charge in [-0.25, -0.2) is 4.39 Å². The van der Waals surface area contributed by atoms with Crippen LogP contribution in [0.3, 0.4) is 0 Å². The molecule has 0 spiro atoms. The van der Waals surface area contributed by atoms with Crippen LogP contribution in [0.25, 0.3) is 5.57 Å². The van der Waals surface area contributed by atoms with Gasteiger partial charge < -0.3 is 9.84 Å². The number of ether oxygens (including phenoxy) is 1. The minimum Gasteiger partial charge on any atom is -0.496 e. The fourth-order valence-corrected chi connectivity index (χ4v) is 2.55. The van der Waals surface area contributed by atoms with Gasteiger partial charge in [-0.1, -0.05) is 41.9 Å². The fourth-order valence-electron chi connectivity index (χ4n) is 2.14. The lowest BCUT2D eigenvalue weighted by atomic mass is 9.85. The van der Waals surface area contributed by atoms with E-state index < -0.39 is 17.7 Å². The van der Waals surface area contributed by atoms with Crippen molar-refractivity contribution in [3.8, 4) is 0 Å². The van der Waals surface area contributed by atoms with E-state index in [-0.39, 0.29) is 10.8 Å². The van der Waals surface area contributed by atoms with Crippen LogP contribution in [-0.4, -0.2) is 24.0 Å². The summed E-state index contributed by atoms with van der Waals surface area (Å²) in [7, 11) is 1.23. The largest absolute Gasteiger partial charge is 0.496 e. The van der Waals surface area contributed by atoms with Crippen molar-refractivity contribution in [2.45, 2.75) is 5.79 Å². The number of hydrogen-bond acceptors (Lipinski definition) is 3. The molecule has 2 atom stereocenters. The number of hydrogen-bond donors (Lipinski definition) is 2. The highest BCUT2D eigenvalue weighted by Crippen LogP contribution is 2.43. The van der Waals surface area contributed by atoms with Gasteiger partial charge in [0.15, 0.2) is 0 Å². The Hall–Kier alpha value is -1.85. The topological polar surface area (TPSA) is 72.5 Å². The van der Waals surface area contributed by atoms with Gasteiger partial charge >= 0.3 is 5.97 Å². The molecule has 0 saturated heterocycles. The van der Waals surface area contributed by atoms with Crippen molar-refractivity contribution in [2.24, 2.45) is 11.7 Å². The summed E-state index contributed by atoms with van der Waals surface area (Å²) < 4.78 is 19.4. The quantitative estimate of drug-likeness (QED) is 0.841. The third-order valence-electron chi connectivity index (χ3n) is 3.14. The van der Waals surface area contributed by atoms with Crippen molar-refractivity contribution in [1.82, 2.24) is 0 Å². The van der Waals surface area contributed by atoms with Crippen LogP contribution in [0.4, 0.5) is 4.39 Å². The van der Waals surface area contributed by atoms with Crippen molar-refractivity contribution < 1.29 is 19.0 Å². The van der Waals surface area contributed by atoms with Crippen LogP contribution in [0.1, 0.15) is 5.56 Å². The van der Waals surface area contributed by atoms with Crippen LogP contribution in [0, 0.1) is 5.92 Å². The molecule has 2 unspecified atom stereocenters. The second-order valence-corrected chi connectivity index (χ2v) is 4.79. The molecule has 0 aromatic heterocycles. The van der Waals surface area contributed by atoms with Gasteiger partial charge in [-0.2, -0.15) is 0 Å². The Balaban J connectivity index is 2.64. The van der Waals surface area contributed by atoms with Gasteiger partial charge in [-0.3, -0.25) is 10.5 Å². The first kappa shape index (κ1) is 14.6. The molecule has 0 aliphatic heterocycles. The zero-order valence-electron chi connectivity index (χ0n) is 10.6. The predicted octanol–water partition coefficient (Wildman–Crippen LogP) is 2.51. The van der Waals surface area contributed by atoms with Crippen LogP contribution >= 0.6 is 11.6 Å². The van der Waals surface area contributed by atoms with E-state index in [2.05, 4.69) is 0 Å². The highest BCUT2D eigenvalue weighted by atomic mass is 35.5. The number of rotatable bonds is 3. The lowest BCUT2D eigenvalue weighted by molar-refractivity contribution is -0.145. The summed E-state index contributed by atoms with van der Waals surface area (Å²) in [5, 5.41) is 9.04. The smallest absolute Gasteiger partial charge is 0.317 e. The number of methoxy groups -OCH3 is 1.